The van der Waals surface area contributed by atoms with Crippen molar-refractivity contribution < 1.29 is 23.7 Å². The second-order valence-electron chi connectivity index (χ2n) is 7.99. The molecule has 164 valence electrons. The zero-order valence-corrected chi connectivity index (χ0v) is 21.1. The molecule has 0 aromatic heterocycles. The van der Waals surface area contributed by atoms with Gasteiger partial charge in [0.15, 0.2) is 12.5 Å². The number of nitrogens with one attached hydrogen (secondary N) is 1. The first-order chi connectivity index (χ1) is 14.0. The number of carbonyl (C=O) groups excluding carboxylic acids is 1. The zero-order valence-electron chi connectivity index (χ0n) is 18.0. The van der Waals surface area contributed by atoms with Crippen molar-refractivity contribution in [2.75, 3.05) is 13.9 Å². The third-order valence-electron chi connectivity index (χ3n) is 3.81. The minimum atomic E-state index is -0.525. The van der Waals surface area contributed by atoms with Crippen LogP contribution in [0.3, 0.4) is 0 Å². The molecule has 2 rings (SSSR count). The summed E-state index contributed by atoms with van der Waals surface area (Å²) in [4.78, 5) is 12.0. The molecule has 0 heterocycles. The first-order valence-corrected chi connectivity index (χ1v) is 11.0. The molecule has 30 heavy (non-hydrogen) atoms. The van der Waals surface area contributed by atoms with Crippen LogP contribution in [-0.2, 0) is 4.74 Å². The van der Waals surface area contributed by atoms with Crippen molar-refractivity contribution in [1.29, 1.82) is 0 Å². The molecule has 2 aromatic carbocycles. The number of halogens is 2. The maximum Gasteiger partial charge on any atom is 0.413 e. The quantitative estimate of drug-likeness (QED) is 0.380. The van der Waals surface area contributed by atoms with Gasteiger partial charge in [-0.15, -0.1) is 0 Å². The highest BCUT2D eigenvalue weighted by molar-refractivity contribution is 9.11. The molecule has 0 radical (unpaired) electrons. The van der Waals surface area contributed by atoms with Crippen LogP contribution in [0.2, 0.25) is 0 Å². The zero-order chi connectivity index (χ0) is 22.5. The Morgan fingerprint density at radius 2 is 1.70 bits per heavy atom. The fourth-order valence-corrected chi connectivity index (χ4v) is 3.85. The van der Waals surface area contributed by atoms with Gasteiger partial charge < -0.3 is 24.3 Å². The second-order valence-corrected chi connectivity index (χ2v) is 9.70. The largest absolute Gasteiger partial charge is 0.467 e. The molecule has 0 aliphatic rings. The Hall–Kier alpha value is -1.77. The normalized spacial score (nSPS) is 11.4. The van der Waals surface area contributed by atoms with Gasteiger partial charge in [-0.3, -0.25) is 0 Å². The van der Waals surface area contributed by atoms with Crippen LogP contribution < -0.4 is 19.5 Å². The van der Waals surface area contributed by atoms with E-state index in [1.807, 2.05) is 39.0 Å². The predicted octanol–water partition coefficient (Wildman–Crippen LogP) is 7.00. The van der Waals surface area contributed by atoms with Crippen LogP contribution in [0.5, 0.6) is 23.0 Å². The molecule has 0 bridgehead atoms. The molecule has 0 atom stereocenters. The van der Waals surface area contributed by atoms with Gasteiger partial charge in [0, 0.05) is 18.2 Å². The van der Waals surface area contributed by atoms with Crippen LogP contribution in [0.15, 0.2) is 39.3 Å². The third kappa shape index (κ3) is 7.18. The smallest absolute Gasteiger partial charge is 0.413 e. The van der Waals surface area contributed by atoms with E-state index in [0.717, 1.165) is 11.3 Å². The van der Waals surface area contributed by atoms with Crippen LogP contribution in [0.4, 0.5) is 4.79 Å². The van der Waals surface area contributed by atoms with Gasteiger partial charge in [-0.05, 0) is 88.9 Å². The Morgan fingerprint density at radius 1 is 1.07 bits per heavy atom. The highest BCUT2D eigenvalue weighted by Crippen LogP contribution is 2.41. The monoisotopic (exact) mass is 543 g/mol. The Kier molecular flexibility index (Phi) is 8.58. The van der Waals surface area contributed by atoms with Crippen molar-refractivity contribution in [2.24, 2.45) is 0 Å². The van der Waals surface area contributed by atoms with Crippen LogP contribution in [0.1, 0.15) is 46.1 Å². The van der Waals surface area contributed by atoms with Crippen molar-refractivity contribution in [3.8, 4) is 23.0 Å². The molecular formula is C22H27Br2NO5. The van der Waals surface area contributed by atoms with Crippen molar-refractivity contribution in [1.82, 2.24) is 5.32 Å². The lowest BCUT2D eigenvalue weighted by molar-refractivity contribution is 0.0502. The van der Waals surface area contributed by atoms with Crippen molar-refractivity contribution in [3.63, 3.8) is 0 Å². The van der Waals surface area contributed by atoms with E-state index in [1.54, 1.807) is 19.2 Å². The minimum absolute atomic E-state index is 0.182. The van der Waals surface area contributed by atoms with E-state index >= 15 is 0 Å². The first-order valence-electron chi connectivity index (χ1n) is 9.42. The molecule has 8 heteroatoms. The average Bonchev–Trinajstić information content (AvgIpc) is 2.61. The van der Waals surface area contributed by atoms with Crippen molar-refractivity contribution >= 4 is 38.0 Å². The molecule has 1 amide bonds. The van der Waals surface area contributed by atoms with E-state index in [4.69, 9.17) is 18.9 Å². The van der Waals surface area contributed by atoms with Crippen molar-refractivity contribution in [3.05, 3.63) is 44.8 Å². The SMILES string of the molecule is COCOc1ccc(Oc2c(Br)cc(OC(=O)NC(C)(C)C)cc2Br)cc1C(C)C. The maximum absolute atomic E-state index is 12.0. The van der Waals surface area contributed by atoms with Gasteiger partial charge in [0.05, 0.1) is 8.95 Å². The number of amides is 1. The van der Waals surface area contributed by atoms with Gasteiger partial charge in [-0.25, -0.2) is 4.79 Å². The lowest BCUT2D eigenvalue weighted by atomic mass is 10.0. The Labute approximate surface area is 194 Å². The lowest BCUT2D eigenvalue weighted by Gasteiger charge is -2.20. The van der Waals surface area contributed by atoms with Crippen molar-refractivity contribution in [2.45, 2.75) is 46.1 Å². The molecule has 0 spiro atoms. The van der Waals surface area contributed by atoms with E-state index in [1.165, 1.54) is 0 Å². The van der Waals surface area contributed by atoms with Gasteiger partial charge in [0.1, 0.15) is 17.2 Å². The molecule has 6 nitrogen and oxygen atoms in total. The molecule has 0 aliphatic heterocycles. The summed E-state index contributed by atoms with van der Waals surface area (Å²) in [5.74, 6) is 2.60. The standard InChI is InChI=1S/C22H27Br2NO5/c1-13(2)16-9-14(7-8-19(16)28-12-27-6)29-20-17(23)10-15(11-18(20)24)30-21(26)25-22(3,4)5/h7-11,13H,12H2,1-6H3,(H,25,26). The predicted molar refractivity (Wildman–Crippen MR) is 124 cm³/mol. The average molecular weight is 545 g/mol. The van der Waals surface area contributed by atoms with Crippen LogP contribution in [0, 0.1) is 0 Å². The number of ether oxygens (including phenoxy) is 4. The van der Waals surface area contributed by atoms with Gasteiger partial charge >= 0.3 is 6.09 Å². The number of hydrogen-bond acceptors (Lipinski definition) is 5. The van der Waals surface area contributed by atoms with Crippen LogP contribution in [0.25, 0.3) is 0 Å². The van der Waals surface area contributed by atoms with Gasteiger partial charge in [-0.1, -0.05) is 13.8 Å². The van der Waals surface area contributed by atoms with Gasteiger partial charge in [-0.2, -0.15) is 0 Å². The Balaban J connectivity index is 2.22. The number of methoxy groups -OCH3 is 1. The summed E-state index contributed by atoms with van der Waals surface area (Å²) in [6.45, 7) is 10.00. The summed E-state index contributed by atoms with van der Waals surface area (Å²) >= 11 is 6.99. The Morgan fingerprint density at radius 3 is 2.23 bits per heavy atom. The molecule has 0 aliphatic carbocycles. The third-order valence-corrected chi connectivity index (χ3v) is 4.99. The molecule has 0 saturated heterocycles. The number of rotatable bonds is 7. The highest BCUT2D eigenvalue weighted by atomic mass is 79.9. The topological polar surface area (TPSA) is 66.0 Å². The lowest BCUT2D eigenvalue weighted by Crippen LogP contribution is -2.42. The van der Waals surface area contributed by atoms with E-state index in [0.29, 0.717) is 26.2 Å². The Bertz CT molecular complexity index is 871. The fraction of sp³-hybridized carbons (Fsp3) is 0.409. The molecule has 1 N–H and O–H groups in total. The van der Waals surface area contributed by atoms with Gasteiger partial charge in [0.2, 0.25) is 0 Å². The molecule has 0 saturated carbocycles. The van der Waals surface area contributed by atoms with E-state index < -0.39 is 6.09 Å². The van der Waals surface area contributed by atoms with E-state index in [-0.39, 0.29) is 18.2 Å². The second kappa shape index (κ2) is 10.5. The number of benzene rings is 2. The summed E-state index contributed by atoms with van der Waals surface area (Å²) in [7, 11) is 1.59. The van der Waals surface area contributed by atoms with Crippen LogP contribution in [-0.4, -0.2) is 25.5 Å². The molecule has 2 aromatic rings. The fourth-order valence-electron chi connectivity index (χ4n) is 2.54. The molecular weight excluding hydrogens is 518 g/mol. The first kappa shape index (κ1) is 24.5. The summed E-state index contributed by atoms with van der Waals surface area (Å²) in [5.41, 5.74) is 0.623. The summed E-state index contributed by atoms with van der Waals surface area (Å²) < 4.78 is 23.4. The van der Waals surface area contributed by atoms with Gasteiger partial charge in [0.25, 0.3) is 0 Å². The summed E-state index contributed by atoms with van der Waals surface area (Å²) in [6, 6.07) is 9.00. The molecule has 0 fully saturated rings. The highest BCUT2D eigenvalue weighted by Gasteiger charge is 2.18. The minimum Gasteiger partial charge on any atom is -0.467 e. The van der Waals surface area contributed by atoms with E-state index in [2.05, 4.69) is 51.0 Å². The summed E-state index contributed by atoms with van der Waals surface area (Å²) in [5, 5.41) is 2.75. The van der Waals surface area contributed by atoms with Crippen LogP contribution >= 0.6 is 31.9 Å². The molecule has 0 unspecified atom stereocenters. The number of hydrogen-bond donors (Lipinski definition) is 1. The van der Waals surface area contributed by atoms with E-state index in [9.17, 15) is 4.79 Å². The maximum atomic E-state index is 12.0. The summed E-state index contributed by atoms with van der Waals surface area (Å²) in [6.07, 6.45) is -0.525. The number of carbonyl (C=O) groups is 1.